The highest BCUT2D eigenvalue weighted by molar-refractivity contribution is 14.1. The molecule has 2 aromatic carbocycles. The lowest BCUT2D eigenvalue weighted by Gasteiger charge is -2.09. The van der Waals surface area contributed by atoms with Crippen molar-refractivity contribution in [2.45, 2.75) is 13.2 Å². The van der Waals surface area contributed by atoms with E-state index in [4.69, 9.17) is 13.9 Å². The van der Waals surface area contributed by atoms with Crippen LogP contribution in [0.25, 0.3) is 0 Å². The van der Waals surface area contributed by atoms with Gasteiger partial charge in [-0.3, -0.25) is 19.6 Å². The minimum absolute atomic E-state index is 0.100. The van der Waals surface area contributed by atoms with Crippen molar-refractivity contribution >= 4 is 40.4 Å². The fourth-order valence-electron chi connectivity index (χ4n) is 3.19. The van der Waals surface area contributed by atoms with Gasteiger partial charge in [0.2, 0.25) is 0 Å². The van der Waals surface area contributed by atoms with Crippen LogP contribution in [0.3, 0.4) is 0 Å². The molecule has 184 valence electrons. The molecule has 0 fully saturated rings. The van der Waals surface area contributed by atoms with Crippen LogP contribution in [0.5, 0.6) is 11.5 Å². The summed E-state index contributed by atoms with van der Waals surface area (Å²) < 4.78 is 19.1. The molecule has 0 bridgehead atoms. The maximum absolute atomic E-state index is 12.4. The fourth-order valence-corrected chi connectivity index (χ4v) is 3.55. The molecule has 0 unspecified atom stereocenters. The first-order valence-corrected chi connectivity index (χ1v) is 11.6. The number of hydrogen-bond acceptors (Lipinski definition) is 8. The standard InChI is InChI=1S/C24H20IN5O6/c1-34-22-8-2-16(10-17(22)13-29-14-19(12-27-29)30(32)33)11-26-28-24(31)23-9-7-21(36-23)15-35-20-5-3-18(25)4-6-20/h2-12,14H,13,15H2,1H3,(H,28,31)/b26-11-. The molecule has 0 saturated heterocycles. The molecule has 0 aliphatic rings. The summed E-state index contributed by atoms with van der Waals surface area (Å²) in [5.74, 6) is 1.38. The lowest BCUT2D eigenvalue weighted by molar-refractivity contribution is -0.385. The third kappa shape index (κ3) is 6.47. The molecule has 2 aromatic heterocycles. The maximum Gasteiger partial charge on any atom is 0.307 e. The van der Waals surface area contributed by atoms with Crippen LogP contribution in [0.1, 0.15) is 27.4 Å². The van der Waals surface area contributed by atoms with Gasteiger partial charge in [-0.05, 0) is 82.8 Å². The number of halogens is 1. The van der Waals surface area contributed by atoms with E-state index in [1.807, 2.05) is 24.3 Å². The molecule has 12 heteroatoms. The van der Waals surface area contributed by atoms with Crippen LogP contribution in [0.2, 0.25) is 0 Å². The Morgan fingerprint density at radius 2 is 2.06 bits per heavy atom. The zero-order chi connectivity index (χ0) is 25.5. The SMILES string of the molecule is COc1ccc(/C=N\NC(=O)c2ccc(COc3ccc(I)cc3)o2)cc1Cn1cc([N+](=O)[O-])cn1. The van der Waals surface area contributed by atoms with E-state index in [0.29, 0.717) is 22.8 Å². The Morgan fingerprint density at radius 3 is 2.78 bits per heavy atom. The van der Waals surface area contributed by atoms with Crippen LogP contribution in [-0.2, 0) is 13.2 Å². The Kier molecular flexibility index (Phi) is 7.95. The van der Waals surface area contributed by atoms with Crippen molar-refractivity contribution in [3.8, 4) is 11.5 Å². The summed E-state index contributed by atoms with van der Waals surface area (Å²) in [7, 11) is 1.53. The van der Waals surface area contributed by atoms with Crippen LogP contribution >= 0.6 is 22.6 Å². The highest BCUT2D eigenvalue weighted by atomic mass is 127. The van der Waals surface area contributed by atoms with Gasteiger partial charge in [-0.15, -0.1) is 0 Å². The molecule has 0 aliphatic heterocycles. The number of nitrogens with one attached hydrogen (secondary N) is 1. The van der Waals surface area contributed by atoms with Crippen molar-refractivity contribution in [1.29, 1.82) is 0 Å². The Bertz CT molecular complexity index is 1400. The fraction of sp³-hybridized carbons (Fsp3) is 0.125. The van der Waals surface area contributed by atoms with E-state index >= 15 is 0 Å². The zero-order valence-electron chi connectivity index (χ0n) is 19.0. The normalized spacial score (nSPS) is 10.9. The summed E-state index contributed by atoms with van der Waals surface area (Å²) in [5.41, 5.74) is 3.74. The van der Waals surface area contributed by atoms with Crippen LogP contribution in [0.15, 0.2) is 76.5 Å². The number of amides is 1. The first kappa shape index (κ1) is 24.9. The van der Waals surface area contributed by atoms with E-state index < -0.39 is 10.8 Å². The van der Waals surface area contributed by atoms with Crippen molar-refractivity contribution in [1.82, 2.24) is 15.2 Å². The maximum atomic E-state index is 12.4. The first-order valence-electron chi connectivity index (χ1n) is 10.6. The van der Waals surface area contributed by atoms with E-state index in [1.165, 1.54) is 30.4 Å². The van der Waals surface area contributed by atoms with Gasteiger partial charge in [-0.2, -0.15) is 10.2 Å². The summed E-state index contributed by atoms with van der Waals surface area (Å²) >= 11 is 2.21. The molecule has 36 heavy (non-hydrogen) atoms. The molecule has 4 rings (SSSR count). The second-order valence-corrected chi connectivity index (χ2v) is 8.68. The number of benzene rings is 2. The predicted octanol–water partition coefficient (Wildman–Crippen LogP) is 4.39. The third-order valence-electron chi connectivity index (χ3n) is 4.93. The number of nitro groups is 1. The summed E-state index contributed by atoms with van der Waals surface area (Å²) in [6, 6.07) is 16.1. The quantitative estimate of drug-likeness (QED) is 0.123. The highest BCUT2D eigenvalue weighted by Crippen LogP contribution is 2.21. The van der Waals surface area contributed by atoms with Crippen LogP contribution in [0, 0.1) is 13.7 Å². The molecular weight excluding hydrogens is 581 g/mol. The van der Waals surface area contributed by atoms with Crippen LogP contribution < -0.4 is 14.9 Å². The van der Waals surface area contributed by atoms with Gasteiger partial charge < -0.3 is 13.9 Å². The summed E-state index contributed by atoms with van der Waals surface area (Å²) in [6.07, 6.45) is 3.99. The largest absolute Gasteiger partial charge is 0.496 e. The number of aromatic nitrogens is 2. The molecule has 1 amide bonds. The van der Waals surface area contributed by atoms with Crippen molar-refractivity contribution < 1.29 is 23.6 Å². The van der Waals surface area contributed by atoms with Gasteiger partial charge in [0.05, 0.1) is 24.8 Å². The summed E-state index contributed by atoms with van der Waals surface area (Å²) in [5, 5.41) is 18.9. The number of carbonyl (C=O) groups is 1. The van der Waals surface area contributed by atoms with Crippen LogP contribution in [0.4, 0.5) is 5.69 Å². The summed E-state index contributed by atoms with van der Waals surface area (Å²) in [6.45, 7) is 0.440. The van der Waals surface area contributed by atoms with E-state index in [0.717, 1.165) is 9.13 Å². The predicted molar refractivity (Wildman–Crippen MR) is 138 cm³/mol. The number of hydrogen-bond donors (Lipinski definition) is 1. The average Bonchev–Trinajstić information content (AvgIpc) is 3.54. The minimum Gasteiger partial charge on any atom is -0.496 e. The van der Waals surface area contributed by atoms with E-state index in [9.17, 15) is 14.9 Å². The van der Waals surface area contributed by atoms with Crippen molar-refractivity contribution in [3.05, 3.63) is 103 Å². The zero-order valence-corrected chi connectivity index (χ0v) is 21.1. The van der Waals surface area contributed by atoms with Crippen molar-refractivity contribution in [3.63, 3.8) is 0 Å². The minimum atomic E-state index is -0.510. The van der Waals surface area contributed by atoms with Crippen molar-refractivity contribution in [2.75, 3.05) is 7.11 Å². The summed E-state index contributed by atoms with van der Waals surface area (Å²) in [4.78, 5) is 22.8. The third-order valence-corrected chi connectivity index (χ3v) is 5.65. The van der Waals surface area contributed by atoms with Gasteiger partial charge in [0, 0.05) is 9.13 Å². The van der Waals surface area contributed by atoms with E-state index in [1.54, 1.807) is 30.3 Å². The molecule has 0 spiro atoms. The Balaban J connectivity index is 1.35. The van der Waals surface area contributed by atoms with Gasteiger partial charge in [0.1, 0.15) is 36.3 Å². The smallest absolute Gasteiger partial charge is 0.307 e. The van der Waals surface area contributed by atoms with Crippen LogP contribution in [-0.4, -0.2) is 33.9 Å². The monoisotopic (exact) mass is 601 g/mol. The molecule has 0 aliphatic carbocycles. The highest BCUT2D eigenvalue weighted by Gasteiger charge is 2.13. The van der Waals surface area contributed by atoms with Gasteiger partial charge in [0.15, 0.2) is 5.76 Å². The number of hydrazone groups is 1. The number of methoxy groups -OCH3 is 1. The lowest BCUT2D eigenvalue weighted by Crippen LogP contribution is -2.16. The number of furan rings is 1. The van der Waals surface area contributed by atoms with E-state index in [2.05, 4.69) is 38.2 Å². The lowest BCUT2D eigenvalue weighted by atomic mass is 10.1. The van der Waals surface area contributed by atoms with Gasteiger partial charge in [-0.25, -0.2) is 5.43 Å². The van der Waals surface area contributed by atoms with E-state index in [-0.39, 0.29) is 24.6 Å². The molecule has 0 saturated carbocycles. The molecule has 11 nitrogen and oxygen atoms in total. The second kappa shape index (κ2) is 11.5. The molecule has 0 atom stereocenters. The molecule has 4 aromatic rings. The average molecular weight is 601 g/mol. The topological polar surface area (TPSA) is 134 Å². The molecule has 0 radical (unpaired) electrons. The molecular formula is C24H20IN5O6. The Hall–Kier alpha value is -4.20. The van der Waals surface area contributed by atoms with Crippen molar-refractivity contribution in [2.24, 2.45) is 5.10 Å². The molecule has 1 N–H and O–H groups in total. The number of carbonyl (C=O) groups excluding carboxylic acids is 1. The number of ether oxygens (including phenoxy) is 2. The van der Waals surface area contributed by atoms with Gasteiger partial charge in [0.25, 0.3) is 0 Å². The number of nitrogens with zero attached hydrogens (tertiary/aromatic N) is 4. The molecule has 2 heterocycles. The first-order chi connectivity index (χ1) is 17.4. The number of rotatable bonds is 10. The van der Waals surface area contributed by atoms with Gasteiger partial charge >= 0.3 is 11.6 Å². The Labute approximate surface area is 219 Å². The second-order valence-electron chi connectivity index (χ2n) is 7.43. The van der Waals surface area contributed by atoms with Gasteiger partial charge in [-0.1, -0.05) is 0 Å². The Morgan fingerprint density at radius 1 is 1.25 bits per heavy atom.